The van der Waals surface area contributed by atoms with Crippen molar-refractivity contribution in [2.24, 2.45) is 0 Å². The Morgan fingerprint density at radius 1 is 0.680 bits per heavy atom. The summed E-state index contributed by atoms with van der Waals surface area (Å²) in [4.78, 5) is 2.38. The summed E-state index contributed by atoms with van der Waals surface area (Å²) in [6, 6.07) is 10.6. The van der Waals surface area contributed by atoms with Crippen molar-refractivity contribution >= 4 is 0 Å². The monoisotopic (exact) mass is 347 g/mol. The summed E-state index contributed by atoms with van der Waals surface area (Å²) in [5, 5.41) is 9.26. The van der Waals surface area contributed by atoms with Crippen LogP contribution in [0.1, 0.15) is 89.5 Å². The standard InChI is InChI=1S/C23H41NO/c1-2-3-4-5-6-7-8-9-10-11-12-16-19-24(20-21-25)22-23-17-14-13-15-18-23/h13-15,17-18,25H,2-12,16,19-22H2,1H3. The molecule has 0 bridgehead atoms. The van der Waals surface area contributed by atoms with Crippen LogP contribution in [-0.2, 0) is 6.54 Å². The van der Waals surface area contributed by atoms with Crippen molar-refractivity contribution in [2.45, 2.75) is 90.5 Å². The highest BCUT2D eigenvalue weighted by Gasteiger charge is 2.05. The first-order valence-electron chi connectivity index (χ1n) is 10.7. The van der Waals surface area contributed by atoms with Crippen molar-refractivity contribution in [3.8, 4) is 0 Å². The number of aliphatic hydroxyl groups is 1. The molecule has 0 aliphatic rings. The Kier molecular flexibility index (Phi) is 14.7. The van der Waals surface area contributed by atoms with Crippen LogP contribution in [0.5, 0.6) is 0 Å². The van der Waals surface area contributed by atoms with E-state index < -0.39 is 0 Å². The van der Waals surface area contributed by atoms with Crippen LogP contribution in [0.2, 0.25) is 0 Å². The average Bonchev–Trinajstić information content (AvgIpc) is 2.63. The second-order valence-electron chi connectivity index (χ2n) is 7.37. The number of benzene rings is 1. The molecule has 0 aromatic heterocycles. The van der Waals surface area contributed by atoms with Gasteiger partial charge in [-0.3, -0.25) is 4.90 Å². The molecule has 0 saturated heterocycles. The molecule has 0 atom stereocenters. The molecule has 25 heavy (non-hydrogen) atoms. The third-order valence-electron chi connectivity index (χ3n) is 4.99. The van der Waals surface area contributed by atoms with Gasteiger partial charge in [-0.2, -0.15) is 0 Å². The lowest BCUT2D eigenvalue weighted by Gasteiger charge is -2.21. The summed E-state index contributed by atoms with van der Waals surface area (Å²) in [6.07, 6.45) is 16.7. The maximum Gasteiger partial charge on any atom is 0.0558 e. The second kappa shape index (κ2) is 16.6. The maximum atomic E-state index is 9.26. The fraction of sp³-hybridized carbons (Fsp3) is 0.739. The number of hydrogen-bond acceptors (Lipinski definition) is 2. The maximum absolute atomic E-state index is 9.26. The third kappa shape index (κ3) is 13.1. The predicted molar refractivity (Wildman–Crippen MR) is 110 cm³/mol. The highest BCUT2D eigenvalue weighted by molar-refractivity contribution is 5.14. The molecule has 2 heteroatoms. The number of hydrogen-bond donors (Lipinski definition) is 1. The lowest BCUT2D eigenvalue weighted by molar-refractivity contribution is 0.187. The van der Waals surface area contributed by atoms with E-state index in [1.807, 2.05) is 0 Å². The van der Waals surface area contributed by atoms with Gasteiger partial charge in [0.05, 0.1) is 6.61 Å². The molecular formula is C23H41NO. The fourth-order valence-corrected chi connectivity index (χ4v) is 3.43. The first-order valence-corrected chi connectivity index (χ1v) is 10.7. The van der Waals surface area contributed by atoms with Gasteiger partial charge in [-0.05, 0) is 18.5 Å². The summed E-state index contributed by atoms with van der Waals surface area (Å²) >= 11 is 0. The van der Waals surface area contributed by atoms with Gasteiger partial charge in [0.1, 0.15) is 0 Å². The van der Waals surface area contributed by atoms with Crippen LogP contribution in [0, 0.1) is 0 Å². The molecule has 0 aliphatic heterocycles. The van der Waals surface area contributed by atoms with Crippen LogP contribution in [0.25, 0.3) is 0 Å². The highest BCUT2D eigenvalue weighted by atomic mass is 16.3. The Hall–Kier alpha value is -0.860. The van der Waals surface area contributed by atoms with Crippen LogP contribution in [-0.4, -0.2) is 29.7 Å². The van der Waals surface area contributed by atoms with Crippen molar-refractivity contribution in [3.05, 3.63) is 35.9 Å². The van der Waals surface area contributed by atoms with Gasteiger partial charge in [0.25, 0.3) is 0 Å². The van der Waals surface area contributed by atoms with Crippen molar-refractivity contribution in [1.82, 2.24) is 4.90 Å². The summed E-state index contributed by atoms with van der Waals surface area (Å²) in [7, 11) is 0. The lowest BCUT2D eigenvalue weighted by Crippen LogP contribution is -2.27. The van der Waals surface area contributed by atoms with Crippen LogP contribution >= 0.6 is 0 Å². The van der Waals surface area contributed by atoms with Gasteiger partial charge in [-0.25, -0.2) is 0 Å². The second-order valence-corrected chi connectivity index (χ2v) is 7.37. The molecule has 0 aliphatic carbocycles. The van der Waals surface area contributed by atoms with Crippen LogP contribution < -0.4 is 0 Å². The largest absolute Gasteiger partial charge is 0.395 e. The lowest BCUT2D eigenvalue weighted by atomic mass is 10.1. The Balaban J connectivity index is 1.96. The van der Waals surface area contributed by atoms with Crippen molar-refractivity contribution in [2.75, 3.05) is 19.7 Å². The number of rotatable bonds is 17. The molecule has 0 heterocycles. The van der Waals surface area contributed by atoms with Gasteiger partial charge in [0.15, 0.2) is 0 Å². The van der Waals surface area contributed by atoms with E-state index in [9.17, 15) is 5.11 Å². The minimum atomic E-state index is 0.255. The van der Waals surface area contributed by atoms with E-state index in [2.05, 4.69) is 42.2 Å². The molecule has 0 spiro atoms. The summed E-state index contributed by atoms with van der Waals surface area (Å²) < 4.78 is 0. The molecule has 2 nitrogen and oxygen atoms in total. The van der Waals surface area contributed by atoms with E-state index in [0.29, 0.717) is 0 Å². The summed E-state index contributed by atoms with van der Waals surface area (Å²) in [5.41, 5.74) is 1.34. The zero-order valence-corrected chi connectivity index (χ0v) is 16.6. The SMILES string of the molecule is CCCCCCCCCCCCCCN(CCO)Cc1ccccc1. The predicted octanol–water partition coefficient (Wildman–Crippen LogP) is 6.18. The Morgan fingerprint density at radius 2 is 1.20 bits per heavy atom. The van der Waals surface area contributed by atoms with E-state index in [0.717, 1.165) is 19.6 Å². The minimum absolute atomic E-state index is 0.255. The van der Waals surface area contributed by atoms with E-state index in [1.165, 1.54) is 82.6 Å². The molecule has 0 saturated carbocycles. The molecule has 1 aromatic carbocycles. The van der Waals surface area contributed by atoms with E-state index in [1.54, 1.807) is 0 Å². The van der Waals surface area contributed by atoms with Gasteiger partial charge in [-0.1, -0.05) is 108 Å². The average molecular weight is 348 g/mol. The molecule has 0 fully saturated rings. The smallest absolute Gasteiger partial charge is 0.0558 e. The molecule has 0 radical (unpaired) electrons. The molecule has 0 unspecified atom stereocenters. The molecule has 1 rings (SSSR count). The number of aliphatic hydroxyl groups excluding tert-OH is 1. The summed E-state index contributed by atoms with van der Waals surface area (Å²) in [6.45, 7) is 5.38. The fourth-order valence-electron chi connectivity index (χ4n) is 3.43. The molecule has 144 valence electrons. The van der Waals surface area contributed by atoms with Gasteiger partial charge in [0, 0.05) is 13.1 Å². The highest BCUT2D eigenvalue weighted by Crippen LogP contribution is 2.12. The quantitative estimate of drug-likeness (QED) is 0.340. The van der Waals surface area contributed by atoms with Gasteiger partial charge in [-0.15, -0.1) is 0 Å². The van der Waals surface area contributed by atoms with Gasteiger partial charge >= 0.3 is 0 Å². The van der Waals surface area contributed by atoms with E-state index in [4.69, 9.17) is 0 Å². The molecule has 1 N–H and O–H groups in total. The third-order valence-corrected chi connectivity index (χ3v) is 4.99. The molecule has 1 aromatic rings. The molecule has 0 amide bonds. The normalized spacial score (nSPS) is 11.3. The van der Waals surface area contributed by atoms with Gasteiger partial charge in [0.2, 0.25) is 0 Å². The Bertz CT molecular complexity index is 379. The Morgan fingerprint density at radius 3 is 1.72 bits per heavy atom. The minimum Gasteiger partial charge on any atom is -0.395 e. The first-order chi connectivity index (χ1) is 12.4. The zero-order chi connectivity index (χ0) is 18.0. The van der Waals surface area contributed by atoms with Crippen molar-refractivity contribution in [3.63, 3.8) is 0 Å². The number of unbranched alkanes of at least 4 members (excludes halogenated alkanes) is 11. The van der Waals surface area contributed by atoms with Crippen LogP contribution in [0.15, 0.2) is 30.3 Å². The Labute approximate surface area is 156 Å². The zero-order valence-electron chi connectivity index (χ0n) is 16.6. The molecular weight excluding hydrogens is 306 g/mol. The number of nitrogens with zero attached hydrogens (tertiary/aromatic N) is 1. The van der Waals surface area contributed by atoms with Crippen molar-refractivity contribution in [1.29, 1.82) is 0 Å². The van der Waals surface area contributed by atoms with Crippen LogP contribution in [0.3, 0.4) is 0 Å². The van der Waals surface area contributed by atoms with E-state index in [-0.39, 0.29) is 6.61 Å². The topological polar surface area (TPSA) is 23.5 Å². The van der Waals surface area contributed by atoms with Crippen molar-refractivity contribution < 1.29 is 5.11 Å². The van der Waals surface area contributed by atoms with E-state index >= 15 is 0 Å². The summed E-state index contributed by atoms with van der Waals surface area (Å²) in [5.74, 6) is 0. The first kappa shape index (κ1) is 22.2. The van der Waals surface area contributed by atoms with Crippen LogP contribution in [0.4, 0.5) is 0 Å². The van der Waals surface area contributed by atoms with Gasteiger partial charge < -0.3 is 5.11 Å².